The molecule has 0 N–H and O–H groups in total. The predicted octanol–water partition coefficient (Wildman–Crippen LogP) is 3.22. The number of hydrogen-bond acceptors (Lipinski definition) is 2. The Balaban J connectivity index is 2.60. The smallest absolute Gasteiger partial charge is 0.389 e. The first-order chi connectivity index (χ1) is 7.80. The van der Waals surface area contributed by atoms with Crippen LogP contribution in [0.1, 0.15) is 25.0 Å². The Morgan fingerprint density at radius 1 is 1.12 bits per heavy atom. The molecule has 0 atom stereocenters. The van der Waals surface area contributed by atoms with Gasteiger partial charge >= 0.3 is 9.28 Å². The fourth-order valence-electron chi connectivity index (χ4n) is 1.46. The first-order valence-electron chi connectivity index (χ1n) is 5.55. The summed E-state index contributed by atoms with van der Waals surface area (Å²) in [5.74, 6) is 0. The van der Waals surface area contributed by atoms with Gasteiger partial charge in [-0.25, -0.2) is 0 Å². The Morgan fingerprint density at radius 3 is 2.31 bits per heavy atom. The predicted molar refractivity (Wildman–Crippen MR) is 71.8 cm³/mol. The van der Waals surface area contributed by atoms with Crippen LogP contribution in [-0.4, -0.2) is 22.5 Å². The molecular weight excluding hydrogens is 284 g/mol. The van der Waals surface area contributed by atoms with Gasteiger partial charge in [-0.05, 0) is 25.0 Å². The average molecular weight is 302 g/mol. The minimum absolute atomic E-state index is 0.729. The van der Waals surface area contributed by atoms with Crippen molar-refractivity contribution >= 4 is 25.2 Å². The van der Waals surface area contributed by atoms with E-state index in [9.17, 15) is 0 Å². The normalized spacial score (nSPS) is 11.0. The van der Waals surface area contributed by atoms with E-state index in [0.717, 1.165) is 24.6 Å². The van der Waals surface area contributed by atoms with E-state index in [0.29, 0.717) is 0 Å². The zero-order chi connectivity index (χ0) is 11.8. The summed E-state index contributed by atoms with van der Waals surface area (Å²) >= 11 is 3.47. The zero-order valence-electron chi connectivity index (χ0n) is 9.83. The number of halogens is 1. The van der Waals surface area contributed by atoms with Crippen molar-refractivity contribution in [2.24, 2.45) is 0 Å². The second-order valence-corrected chi connectivity index (χ2v) is 5.60. The molecule has 2 nitrogen and oxygen atoms in total. The number of alkyl halides is 1. The van der Waals surface area contributed by atoms with Crippen molar-refractivity contribution in [1.29, 1.82) is 0 Å². The molecule has 0 saturated heterocycles. The lowest BCUT2D eigenvalue weighted by Crippen LogP contribution is -2.26. The van der Waals surface area contributed by atoms with Crippen LogP contribution in [0.2, 0.25) is 0 Å². The van der Waals surface area contributed by atoms with Crippen molar-refractivity contribution < 1.29 is 8.85 Å². The van der Waals surface area contributed by atoms with E-state index in [2.05, 4.69) is 40.2 Å². The van der Waals surface area contributed by atoms with Gasteiger partial charge in [0, 0.05) is 24.6 Å². The van der Waals surface area contributed by atoms with Crippen molar-refractivity contribution in [3.63, 3.8) is 0 Å². The van der Waals surface area contributed by atoms with Gasteiger partial charge in [-0.1, -0.05) is 40.2 Å². The maximum Gasteiger partial charge on any atom is 0.389 e. The minimum atomic E-state index is -1.14. The second kappa shape index (κ2) is 8.01. The number of hydrogen-bond donors (Lipinski definition) is 0. The lowest BCUT2D eigenvalue weighted by molar-refractivity contribution is 0.213. The van der Waals surface area contributed by atoms with Gasteiger partial charge < -0.3 is 8.85 Å². The second-order valence-electron chi connectivity index (χ2n) is 3.37. The van der Waals surface area contributed by atoms with Gasteiger partial charge in [0.05, 0.1) is 0 Å². The molecule has 0 amide bonds. The first-order valence-corrected chi connectivity index (χ1v) is 8.19. The van der Waals surface area contributed by atoms with E-state index in [-0.39, 0.29) is 0 Å². The van der Waals surface area contributed by atoms with Crippen LogP contribution in [0.15, 0.2) is 24.3 Å². The van der Waals surface area contributed by atoms with Gasteiger partial charge in [0.2, 0.25) is 0 Å². The van der Waals surface area contributed by atoms with E-state index in [1.54, 1.807) is 0 Å². The van der Waals surface area contributed by atoms with Crippen LogP contribution >= 0.6 is 15.9 Å². The van der Waals surface area contributed by atoms with Crippen LogP contribution < -0.4 is 0 Å². The zero-order valence-corrected chi connectivity index (χ0v) is 12.4. The molecule has 0 aliphatic carbocycles. The lowest BCUT2D eigenvalue weighted by Gasteiger charge is -2.13. The maximum absolute atomic E-state index is 5.63. The third-order valence-electron chi connectivity index (χ3n) is 2.10. The fraction of sp³-hybridized carbons (Fsp3) is 0.500. The highest BCUT2D eigenvalue weighted by Crippen LogP contribution is 2.11. The largest absolute Gasteiger partial charge is 0.393 e. The van der Waals surface area contributed by atoms with Crippen molar-refractivity contribution in [2.45, 2.75) is 25.2 Å². The molecule has 16 heavy (non-hydrogen) atoms. The Labute approximate surface area is 108 Å². The number of rotatable bonds is 7. The third kappa shape index (κ3) is 4.78. The van der Waals surface area contributed by atoms with Gasteiger partial charge in [0.15, 0.2) is 0 Å². The van der Waals surface area contributed by atoms with Crippen LogP contribution in [-0.2, 0) is 20.2 Å². The molecule has 0 spiro atoms. The van der Waals surface area contributed by atoms with Crippen LogP contribution in [0.5, 0.6) is 0 Å². The third-order valence-corrected chi connectivity index (χ3v) is 4.67. The summed E-state index contributed by atoms with van der Waals surface area (Å²) in [4.78, 5) is 0. The summed E-state index contributed by atoms with van der Waals surface area (Å²) in [5.41, 5.74) is 2.60. The number of benzene rings is 1. The highest BCUT2D eigenvalue weighted by atomic mass is 79.9. The summed E-state index contributed by atoms with van der Waals surface area (Å²) in [6.07, 6.45) is 0. The topological polar surface area (TPSA) is 18.5 Å². The molecule has 0 aliphatic rings. The monoisotopic (exact) mass is 301 g/mol. The highest BCUT2D eigenvalue weighted by Gasteiger charge is 2.15. The average Bonchev–Trinajstić information content (AvgIpc) is 2.30. The van der Waals surface area contributed by atoms with E-state index in [1.807, 2.05) is 13.8 Å². The Hall–Kier alpha value is -0.163. The fourth-order valence-corrected chi connectivity index (χ4v) is 3.29. The highest BCUT2D eigenvalue weighted by molar-refractivity contribution is 9.08. The SMILES string of the molecule is CCO[Si](Cc1cccc(CBr)c1)OCC. The molecule has 0 unspecified atom stereocenters. The van der Waals surface area contributed by atoms with Crippen molar-refractivity contribution in [2.75, 3.05) is 13.2 Å². The van der Waals surface area contributed by atoms with Crippen LogP contribution in [0.4, 0.5) is 0 Å². The molecule has 1 radical (unpaired) electrons. The van der Waals surface area contributed by atoms with E-state index in [1.165, 1.54) is 11.1 Å². The van der Waals surface area contributed by atoms with Gasteiger partial charge in [-0.15, -0.1) is 0 Å². The summed E-state index contributed by atoms with van der Waals surface area (Å²) in [7, 11) is -1.14. The van der Waals surface area contributed by atoms with Crippen LogP contribution in [0, 0.1) is 0 Å². The Kier molecular flexibility index (Phi) is 6.95. The van der Waals surface area contributed by atoms with Gasteiger partial charge in [-0.2, -0.15) is 0 Å². The molecule has 0 saturated carbocycles. The van der Waals surface area contributed by atoms with E-state index < -0.39 is 9.28 Å². The van der Waals surface area contributed by atoms with Crippen LogP contribution in [0.25, 0.3) is 0 Å². The molecule has 89 valence electrons. The molecule has 0 fully saturated rings. The lowest BCUT2D eigenvalue weighted by atomic mass is 10.2. The molecule has 1 rings (SSSR count). The molecular formula is C12H18BrO2Si. The van der Waals surface area contributed by atoms with Gasteiger partial charge in [-0.3, -0.25) is 0 Å². The van der Waals surface area contributed by atoms with Crippen molar-refractivity contribution in [3.05, 3.63) is 35.4 Å². The molecule has 0 aliphatic heterocycles. The molecule has 0 bridgehead atoms. The Bertz CT molecular complexity index is 301. The standard InChI is InChI=1S/C12H18BrO2Si/c1-3-14-16(15-4-2)10-12-7-5-6-11(8-12)9-13/h5-8H,3-4,9-10H2,1-2H3. The quantitative estimate of drug-likeness (QED) is 0.569. The molecule has 1 aromatic rings. The Morgan fingerprint density at radius 2 is 1.75 bits per heavy atom. The molecule has 0 heterocycles. The summed E-state index contributed by atoms with van der Waals surface area (Å²) in [5, 5.41) is 0.895. The van der Waals surface area contributed by atoms with Crippen LogP contribution in [0.3, 0.4) is 0 Å². The minimum Gasteiger partial charge on any atom is -0.393 e. The summed E-state index contributed by atoms with van der Waals surface area (Å²) < 4.78 is 11.3. The maximum atomic E-state index is 5.63. The first kappa shape index (κ1) is 13.9. The molecule has 0 aromatic heterocycles. The summed E-state index contributed by atoms with van der Waals surface area (Å²) in [6, 6.07) is 9.45. The molecule has 1 aromatic carbocycles. The van der Waals surface area contributed by atoms with Crippen molar-refractivity contribution in [3.8, 4) is 0 Å². The summed E-state index contributed by atoms with van der Waals surface area (Å²) in [6.45, 7) is 5.48. The van der Waals surface area contributed by atoms with Gasteiger partial charge in [0.25, 0.3) is 0 Å². The van der Waals surface area contributed by atoms with Crippen molar-refractivity contribution in [1.82, 2.24) is 0 Å². The molecule has 4 heteroatoms. The van der Waals surface area contributed by atoms with E-state index in [4.69, 9.17) is 8.85 Å². The van der Waals surface area contributed by atoms with E-state index >= 15 is 0 Å². The van der Waals surface area contributed by atoms with Gasteiger partial charge in [0.1, 0.15) is 0 Å².